The van der Waals surface area contributed by atoms with Crippen molar-refractivity contribution in [1.29, 1.82) is 0 Å². The molecule has 106 valence electrons. The summed E-state index contributed by atoms with van der Waals surface area (Å²) in [5.74, 6) is -0.248. The molecule has 5 nitrogen and oxygen atoms in total. The van der Waals surface area contributed by atoms with Crippen molar-refractivity contribution < 1.29 is 9.53 Å². The van der Waals surface area contributed by atoms with Gasteiger partial charge in [-0.1, -0.05) is 23.2 Å². The van der Waals surface area contributed by atoms with Gasteiger partial charge in [-0.15, -0.1) is 0 Å². The predicted octanol–water partition coefficient (Wildman–Crippen LogP) is 1.70. The summed E-state index contributed by atoms with van der Waals surface area (Å²) in [6.45, 7) is 2.38. The van der Waals surface area contributed by atoms with E-state index < -0.39 is 0 Å². The molecule has 1 heterocycles. The first-order valence-corrected chi connectivity index (χ1v) is 6.58. The van der Waals surface area contributed by atoms with Crippen LogP contribution in [-0.4, -0.2) is 56.2 Å². The number of aromatic nitrogens is 1. The zero-order valence-corrected chi connectivity index (χ0v) is 12.5. The van der Waals surface area contributed by atoms with Crippen LogP contribution in [0.5, 0.6) is 0 Å². The van der Waals surface area contributed by atoms with E-state index in [1.807, 2.05) is 19.0 Å². The third-order valence-corrected chi connectivity index (χ3v) is 2.63. The molecular formula is C12H17Cl2N3O2. The number of likely N-dealkylation sites (N-methyl/N-ethyl adjacent to an activating group) is 1. The van der Waals surface area contributed by atoms with Crippen LogP contribution in [0.3, 0.4) is 0 Å². The Balaban J connectivity index is 2.27. The number of ether oxygens (including phenoxy) is 1. The van der Waals surface area contributed by atoms with E-state index in [4.69, 9.17) is 27.9 Å². The summed E-state index contributed by atoms with van der Waals surface area (Å²) in [5, 5.41) is 3.11. The average Bonchev–Trinajstić information content (AvgIpc) is 2.31. The van der Waals surface area contributed by atoms with Crippen LogP contribution in [0.4, 0.5) is 0 Å². The number of nitrogens with zero attached hydrogens (tertiary/aromatic N) is 2. The van der Waals surface area contributed by atoms with Crippen molar-refractivity contribution in [1.82, 2.24) is 15.2 Å². The highest BCUT2D eigenvalue weighted by atomic mass is 35.5. The molecule has 7 heteroatoms. The molecule has 0 aromatic carbocycles. The molecule has 1 aromatic rings. The molecule has 0 spiro atoms. The van der Waals surface area contributed by atoms with Crippen LogP contribution < -0.4 is 5.32 Å². The van der Waals surface area contributed by atoms with E-state index in [-0.39, 0.29) is 16.2 Å². The molecule has 0 radical (unpaired) electrons. The Labute approximate surface area is 122 Å². The third kappa shape index (κ3) is 6.73. The monoisotopic (exact) mass is 305 g/mol. The Morgan fingerprint density at radius 1 is 1.32 bits per heavy atom. The number of rotatable bonds is 7. The van der Waals surface area contributed by atoms with Crippen LogP contribution in [0.2, 0.25) is 10.3 Å². The maximum atomic E-state index is 11.8. The van der Waals surface area contributed by atoms with Gasteiger partial charge in [-0.2, -0.15) is 0 Å². The van der Waals surface area contributed by atoms with Gasteiger partial charge < -0.3 is 15.0 Å². The molecule has 0 bridgehead atoms. The smallest absolute Gasteiger partial charge is 0.251 e. The standard InChI is InChI=1S/C12H17Cl2N3O2/c1-17(2)4-6-19-5-3-15-12(18)9-7-10(13)16-11(14)8-9/h7-8H,3-6H2,1-2H3,(H,15,18). The zero-order chi connectivity index (χ0) is 14.3. The van der Waals surface area contributed by atoms with E-state index >= 15 is 0 Å². The minimum atomic E-state index is -0.248. The lowest BCUT2D eigenvalue weighted by Crippen LogP contribution is -2.28. The van der Waals surface area contributed by atoms with Crippen molar-refractivity contribution in [2.45, 2.75) is 0 Å². The maximum absolute atomic E-state index is 11.8. The van der Waals surface area contributed by atoms with Crippen molar-refractivity contribution in [3.05, 3.63) is 28.0 Å². The highest BCUT2D eigenvalue weighted by Crippen LogP contribution is 2.14. The summed E-state index contributed by atoms with van der Waals surface area (Å²) in [6, 6.07) is 2.94. The summed E-state index contributed by atoms with van der Waals surface area (Å²) in [4.78, 5) is 17.6. The summed E-state index contributed by atoms with van der Waals surface area (Å²) < 4.78 is 5.36. The Morgan fingerprint density at radius 2 is 1.95 bits per heavy atom. The van der Waals surface area contributed by atoms with Gasteiger partial charge in [0.15, 0.2) is 0 Å². The number of carbonyl (C=O) groups excluding carboxylic acids is 1. The molecule has 0 aliphatic rings. The van der Waals surface area contributed by atoms with E-state index in [1.54, 1.807) is 0 Å². The van der Waals surface area contributed by atoms with Gasteiger partial charge in [0.05, 0.1) is 13.2 Å². The number of amides is 1. The van der Waals surface area contributed by atoms with Crippen LogP contribution in [0, 0.1) is 0 Å². The number of hydrogen-bond acceptors (Lipinski definition) is 4. The largest absolute Gasteiger partial charge is 0.378 e. The van der Waals surface area contributed by atoms with Gasteiger partial charge in [-0.3, -0.25) is 4.79 Å². The molecule has 1 aromatic heterocycles. The predicted molar refractivity (Wildman–Crippen MR) is 76.0 cm³/mol. The lowest BCUT2D eigenvalue weighted by molar-refractivity contribution is 0.0900. The fourth-order valence-electron chi connectivity index (χ4n) is 1.28. The second-order valence-electron chi connectivity index (χ2n) is 4.17. The number of carbonyl (C=O) groups is 1. The van der Waals surface area contributed by atoms with Crippen molar-refractivity contribution in [3.8, 4) is 0 Å². The minimum Gasteiger partial charge on any atom is -0.378 e. The lowest BCUT2D eigenvalue weighted by Gasteiger charge is -2.10. The van der Waals surface area contributed by atoms with Gasteiger partial charge in [0.2, 0.25) is 0 Å². The normalized spacial score (nSPS) is 10.8. The second kappa shape index (κ2) is 8.32. The van der Waals surface area contributed by atoms with E-state index in [1.165, 1.54) is 12.1 Å². The van der Waals surface area contributed by atoms with Crippen LogP contribution in [-0.2, 0) is 4.74 Å². The van der Waals surface area contributed by atoms with Crippen molar-refractivity contribution >= 4 is 29.1 Å². The summed E-state index contributed by atoms with van der Waals surface area (Å²) in [5.41, 5.74) is 0.387. The lowest BCUT2D eigenvalue weighted by atomic mass is 10.2. The SMILES string of the molecule is CN(C)CCOCCNC(=O)c1cc(Cl)nc(Cl)c1. The van der Waals surface area contributed by atoms with Gasteiger partial charge in [-0.05, 0) is 26.2 Å². The fraction of sp³-hybridized carbons (Fsp3) is 0.500. The number of hydrogen-bond donors (Lipinski definition) is 1. The molecular weight excluding hydrogens is 289 g/mol. The zero-order valence-electron chi connectivity index (χ0n) is 10.9. The fourth-order valence-corrected chi connectivity index (χ4v) is 1.74. The van der Waals surface area contributed by atoms with Gasteiger partial charge in [-0.25, -0.2) is 4.98 Å². The Bertz CT molecular complexity index is 407. The quantitative estimate of drug-likeness (QED) is 0.615. The number of nitrogens with one attached hydrogen (secondary N) is 1. The summed E-state index contributed by atoms with van der Waals surface area (Å²) >= 11 is 11.4. The molecule has 1 N–H and O–H groups in total. The van der Waals surface area contributed by atoms with E-state index in [2.05, 4.69) is 10.3 Å². The molecule has 0 atom stereocenters. The number of halogens is 2. The van der Waals surface area contributed by atoms with E-state index in [9.17, 15) is 4.79 Å². The highest BCUT2D eigenvalue weighted by molar-refractivity contribution is 6.33. The summed E-state index contributed by atoms with van der Waals surface area (Å²) in [7, 11) is 3.95. The van der Waals surface area contributed by atoms with E-state index in [0.717, 1.165) is 6.54 Å². The molecule has 0 fully saturated rings. The van der Waals surface area contributed by atoms with Gasteiger partial charge in [0.25, 0.3) is 5.91 Å². The maximum Gasteiger partial charge on any atom is 0.251 e. The average molecular weight is 306 g/mol. The van der Waals surface area contributed by atoms with Crippen molar-refractivity contribution in [2.24, 2.45) is 0 Å². The first-order valence-electron chi connectivity index (χ1n) is 5.83. The van der Waals surface area contributed by atoms with Crippen LogP contribution >= 0.6 is 23.2 Å². The minimum absolute atomic E-state index is 0.194. The van der Waals surface area contributed by atoms with Gasteiger partial charge in [0.1, 0.15) is 10.3 Å². The number of pyridine rings is 1. The Morgan fingerprint density at radius 3 is 2.53 bits per heavy atom. The van der Waals surface area contributed by atoms with E-state index in [0.29, 0.717) is 25.3 Å². The van der Waals surface area contributed by atoms with Crippen LogP contribution in [0.1, 0.15) is 10.4 Å². The van der Waals surface area contributed by atoms with Gasteiger partial charge >= 0.3 is 0 Å². The van der Waals surface area contributed by atoms with Gasteiger partial charge in [0, 0.05) is 18.7 Å². The van der Waals surface area contributed by atoms with Crippen LogP contribution in [0.15, 0.2) is 12.1 Å². The topological polar surface area (TPSA) is 54.5 Å². The highest BCUT2D eigenvalue weighted by Gasteiger charge is 2.07. The molecule has 1 amide bonds. The molecule has 0 saturated heterocycles. The Hall–Kier alpha value is -0.880. The van der Waals surface area contributed by atoms with Crippen molar-refractivity contribution in [2.75, 3.05) is 40.4 Å². The van der Waals surface area contributed by atoms with Crippen molar-refractivity contribution in [3.63, 3.8) is 0 Å². The molecule has 0 unspecified atom stereocenters. The first kappa shape index (κ1) is 16.2. The summed E-state index contributed by atoms with van der Waals surface area (Å²) in [6.07, 6.45) is 0. The molecule has 1 rings (SSSR count). The molecule has 19 heavy (non-hydrogen) atoms. The molecule has 0 aliphatic carbocycles. The second-order valence-corrected chi connectivity index (χ2v) is 4.95. The first-order chi connectivity index (χ1) is 8.99. The third-order valence-electron chi connectivity index (χ3n) is 2.24. The molecule has 0 saturated carbocycles. The Kier molecular flexibility index (Phi) is 7.09. The molecule has 0 aliphatic heterocycles. The van der Waals surface area contributed by atoms with Crippen LogP contribution in [0.25, 0.3) is 0 Å².